The Kier molecular flexibility index (Phi) is 6.11. The minimum absolute atomic E-state index is 0.0676. The van der Waals surface area contributed by atoms with Gasteiger partial charge in [-0.1, -0.05) is 41.9 Å². The molecule has 0 bridgehead atoms. The monoisotopic (exact) mass is 547 g/mol. The number of nitrogens with one attached hydrogen (secondary N) is 1. The molecule has 0 saturated carbocycles. The molecule has 3 heterocycles. The van der Waals surface area contributed by atoms with Gasteiger partial charge in [0.1, 0.15) is 22.8 Å². The number of nitrogen functional groups attached to an aromatic ring is 1. The molecule has 6 rings (SSSR count). The van der Waals surface area contributed by atoms with Crippen molar-refractivity contribution in [1.82, 2.24) is 14.7 Å². The molecule has 0 radical (unpaired) electrons. The average molecular weight is 548 g/mol. The Hall–Kier alpha value is -4.57. The van der Waals surface area contributed by atoms with E-state index in [1.165, 1.54) is 27.9 Å². The van der Waals surface area contributed by atoms with Gasteiger partial charge in [-0.2, -0.15) is 5.10 Å². The van der Waals surface area contributed by atoms with Crippen molar-refractivity contribution in [3.8, 4) is 17.2 Å². The summed E-state index contributed by atoms with van der Waals surface area (Å²) in [4.78, 5) is 27.6. The predicted octanol–water partition coefficient (Wildman–Crippen LogP) is 5.73. The molecule has 1 saturated heterocycles. The van der Waals surface area contributed by atoms with E-state index < -0.39 is 23.4 Å². The number of hydrogen-bond acceptors (Lipinski definition) is 6. The highest BCUT2D eigenvalue weighted by atomic mass is 35.5. The number of benzene rings is 3. The third-order valence-electron chi connectivity index (χ3n) is 6.92. The number of nitrogens with zero attached hydrogens (tertiary/aromatic N) is 3. The number of amides is 2. The van der Waals surface area contributed by atoms with Gasteiger partial charge in [-0.05, 0) is 49.2 Å². The first-order chi connectivity index (χ1) is 18.9. The van der Waals surface area contributed by atoms with Gasteiger partial charge in [0.2, 0.25) is 0 Å². The van der Waals surface area contributed by atoms with Crippen LogP contribution in [0.3, 0.4) is 0 Å². The van der Waals surface area contributed by atoms with Gasteiger partial charge in [-0.3, -0.25) is 10.1 Å². The lowest BCUT2D eigenvalue weighted by atomic mass is 9.83. The van der Waals surface area contributed by atoms with E-state index in [1.807, 2.05) is 42.5 Å². The molecule has 1 aromatic heterocycles. The van der Waals surface area contributed by atoms with Crippen LogP contribution in [-0.4, -0.2) is 39.8 Å². The molecule has 198 valence electrons. The third kappa shape index (κ3) is 4.32. The number of carbonyl (C=O) groups excluding carboxylic acids is 2. The zero-order valence-electron chi connectivity index (χ0n) is 20.6. The van der Waals surface area contributed by atoms with E-state index in [0.29, 0.717) is 36.6 Å². The van der Waals surface area contributed by atoms with E-state index in [4.69, 9.17) is 26.8 Å². The highest BCUT2D eigenvalue weighted by Crippen LogP contribution is 2.45. The van der Waals surface area contributed by atoms with E-state index in [9.17, 15) is 9.59 Å². The summed E-state index contributed by atoms with van der Waals surface area (Å²) in [5, 5.41) is 6.79. The number of hydrogen-bond donors (Lipinski definition) is 2. The highest BCUT2D eigenvalue weighted by molar-refractivity contribution is 6.31. The minimum Gasteiger partial charge on any atom is -0.455 e. The lowest BCUT2D eigenvalue weighted by Gasteiger charge is -2.45. The molecule has 1 atom stereocenters. The van der Waals surface area contributed by atoms with Crippen LogP contribution in [0.25, 0.3) is 5.69 Å². The van der Waals surface area contributed by atoms with Gasteiger partial charge in [0.15, 0.2) is 17.2 Å². The molecule has 39 heavy (non-hydrogen) atoms. The number of nitrogens with two attached hydrogens (primary N) is 1. The van der Waals surface area contributed by atoms with E-state index in [1.54, 1.807) is 12.1 Å². The van der Waals surface area contributed by atoms with Crippen molar-refractivity contribution in [2.75, 3.05) is 24.1 Å². The Bertz CT molecular complexity index is 1590. The van der Waals surface area contributed by atoms with Crippen molar-refractivity contribution in [2.24, 2.45) is 0 Å². The van der Waals surface area contributed by atoms with E-state index in [2.05, 4.69) is 10.4 Å². The summed E-state index contributed by atoms with van der Waals surface area (Å²) in [5.74, 6) is 0.138. The molecule has 2 aliphatic heterocycles. The first kappa shape index (κ1) is 24.7. The zero-order valence-corrected chi connectivity index (χ0v) is 21.3. The second-order valence-electron chi connectivity index (χ2n) is 9.36. The molecular formula is C28H23ClFN5O4. The van der Waals surface area contributed by atoms with E-state index >= 15 is 4.39 Å². The fourth-order valence-electron chi connectivity index (χ4n) is 5.17. The first-order valence-corrected chi connectivity index (χ1v) is 12.7. The Balaban J connectivity index is 1.31. The average Bonchev–Trinajstić information content (AvgIpc) is 3.32. The van der Waals surface area contributed by atoms with Crippen LogP contribution in [0.5, 0.6) is 11.5 Å². The standard InChI is InChI=1S/C28H23ClFN5O4/c29-19-11-12-20-23(24(19)30)28(39-27(37)33-20)13-6-14-34(16-28)26(36)18-15-32-35(25(18)31)21-9-4-5-10-22(21)38-17-7-2-1-3-8-17/h1-5,7-12,15H,6,13-14,16,31H2,(H,33,37)/t28-/m0/s1. The normalized spacial score (nSPS) is 18.3. The Morgan fingerprint density at radius 1 is 1.13 bits per heavy atom. The maximum absolute atomic E-state index is 15.2. The number of piperidine rings is 1. The summed E-state index contributed by atoms with van der Waals surface area (Å²) >= 11 is 6.06. The van der Waals surface area contributed by atoms with Gasteiger partial charge in [0.25, 0.3) is 5.91 Å². The number of aromatic nitrogens is 2. The Labute approximate surface area is 227 Å². The fourth-order valence-corrected chi connectivity index (χ4v) is 5.32. The van der Waals surface area contributed by atoms with Crippen LogP contribution in [0, 0.1) is 5.82 Å². The molecule has 11 heteroatoms. The van der Waals surface area contributed by atoms with Gasteiger partial charge < -0.3 is 20.1 Å². The largest absolute Gasteiger partial charge is 0.455 e. The van der Waals surface area contributed by atoms with Gasteiger partial charge >= 0.3 is 6.09 Å². The number of ether oxygens (including phenoxy) is 2. The van der Waals surface area contributed by atoms with Crippen LogP contribution in [0.15, 0.2) is 72.9 Å². The lowest BCUT2D eigenvalue weighted by Crippen LogP contribution is -2.53. The first-order valence-electron chi connectivity index (χ1n) is 12.3. The van der Waals surface area contributed by atoms with Crippen LogP contribution in [0.2, 0.25) is 5.02 Å². The van der Waals surface area contributed by atoms with Crippen LogP contribution >= 0.6 is 11.6 Å². The number of halogens is 2. The number of carbonyl (C=O) groups is 2. The zero-order chi connectivity index (χ0) is 27.1. The van der Waals surface area contributed by atoms with Gasteiger partial charge in [-0.25, -0.2) is 13.9 Å². The van der Waals surface area contributed by atoms with Gasteiger partial charge in [0.05, 0.1) is 29.0 Å². The molecular weight excluding hydrogens is 525 g/mol. The highest BCUT2D eigenvalue weighted by Gasteiger charge is 2.48. The second-order valence-corrected chi connectivity index (χ2v) is 9.77. The van der Waals surface area contributed by atoms with Crippen molar-refractivity contribution in [3.63, 3.8) is 0 Å². The molecule has 4 aromatic rings. The van der Waals surface area contributed by atoms with Crippen LogP contribution in [-0.2, 0) is 10.3 Å². The topological polar surface area (TPSA) is 112 Å². The maximum Gasteiger partial charge on any atom is 0.412 e. The van der Waals surface area contributed by atoms with Crippen LogP contribution < -0.4 is 15.8 Å². The number of anilines is 2. The quantitative estimate of drug-likeness (QED) is 0.337. The minimum atomic E-state index is -1.39. The molecule has 1 fully saturated rings. The molecule has 3 N–H and O–H groups in total. The summed E-state index contributed by atoms with van der Waals surface area (Å²) in [7, 11) is 0. The van der Waals surface area contributed by atoms with E-state index in [-0.39, 0.29) is 34.2 Å². The summed E-state index contributed by atoms with van der Waals surface area (Å²) in [6.45, 7) is 0.295. The molecule has 9 nitrogen and oxygen atoms in total. The molecule has 3 aromatic carbocycles. The van der Waals surface area contributed by atoms with Crippen LogP contribution in [0.4, 0.5) is 20.7 Å². The molecule has 0 unspecified atom stereocenters. The SMILES string of the molecule is Nc1c(C(=O)N2CCC[C@@]3(C2)OC(=O)Nc2ccc(Cl)c(F)c23)cnn1-c1ccccc1Oc1ccccc1. The summed E-state index contributed by atoms with van der Waals surface area (Å²) in [6, 6.07) is 19.4. The van der Waals surface area contributed by atoms with Gasteiger partial charge in [0, 0.05) is 6.54 Å². The van der Waals surface area contributed by atoms with Crippen LogP contribution in [0.1, 0.15) is 28.8 Å². The van der Waals surface area contributed by atoms with Crippen molar-refractivity contribution in [2.45, 2.75) is 18.4 Å². The second kappa shape index (κ2) is 9.63. The molecule has 0 aliphatic carbocycles. The van der Waals surface area contributed by atoms with Crippen molar-refractivity contribution in [1.29, 1.82) is 0 Å². The Morgan fingerprint density at radius 2 is 1.90 bits per heavy atom. The smallest absolute Gasteiger partial charge is 0.412 e. The van der Waals surface area contributed by atoms with Crippen molar-refractivity contribution in [3.05, 3.63) is 94.9 Å². The number of fused-ring (bicyclic) bond motifs is 2. The van der Waals surface area contributed by atoms with Gasteiger partial charge in [-0.15, -0.1) is 0 Å². The summed E-state index contributed by atoms with van der Waals surface area (Å²) in [6.07, 6.45) is 1.46. The third-order valence-corrected chi connectivity index (χ3v) is 7.21. The van der Waals surface area contributed by atoms with Crippen molar-refractivity contribution < 1.29 is 23.5 Å². The fraction of sp³-hybridized carbons (Fsp3) is 0.179. The lowest BCUT2D eigenvalue weighted by molar-refractivity contribution is -0.0418. The Morgan fingerprint density at radius 3 is 2.72 bits per heavy atom. The maximum atomic E-state index is 15.2. The van der Waals surface area contributed by atoms with Crippen molar-refractivity contribution >= 4 is 35.1 Å². The predicted molar refractivity (Wildman–Crippen MR) is 143 cm³/mol. The van der Waals surface area contributed by atoms with E-state index in [0.717, 1.165) is 0 Å². The number of rotatable bonds is 4. The molecule has 2 amide bonds. The summed E-state index contributed by atoms with van der Waals surface area (Å²) in [5.41, 5.74) is 6.16. The molecule has 1 spiro atoms. The molecule has 2 aliphatic rings. The summed E-state index contributed by atoms with van der Waals surface area (Å²) < 4.78 is 28.4. The number of para-hydroxylation sites is 3. The number of likely N-dealkylation sites (tertiary alicyclic amines) is 1.